The number of amides is 1. The zero-order chi connectivity index (χ0) is 19.0. The van der Waals surface area contributed by atoms with Crippen molar-refractivity contribution in [1.29, 1.82) is 0 Å². The van der Waals surface area contributed by atoms with Crippen molar-refractivity contribution in [1.82, 2.24) is 4.90 Å². The van der Waals surface area contributed by atoms with Gasteiger partial charge in [0.15, 0.2) is 11.5 Å². The van der Waals surface area contributed by atoms with Gasteiger partial charge in [0, 0.05) is 11.2 Å². The molecule has 1 fully saturated rings. The molecular weight excluding hydrogens is 365 g/mol. The fraction of sp³-hybridized carbons (Fsp3) is 0.286. The highest BCUT2D eigenvalue weighted by molar-refractivity contribution is 7.20. The summed E-state index contributed by atoms with van der Waals surface area (Å²) in [7, 11) is 3.21. The Bertz CT molecular complexity index is 1000. The second-order valence-corrected chi connectivity index (χ2v) is 7.65. The van der Waals surface area contributed by atoms with Crippen molar-refractivity contribution in [2.75, 3.05) is 20.8 Å². The summed E-state index contributed by atoms with van der Waals surface area (Å²) in [6.45, 7) is 0.709. The molecule has 0 unspecified atom stereocenters. The molecule has 2 heterocycles. The minimum absolute atomic E-state index is 0.000690. The van der Waals surface area contributed by atoms with Crippen molar-refractivity contribution in [3.05, 3.63) is 58.7 Å². The van der Waals surface area contributed by atoms with E-state index in [9.17, 15) is 9.18 Å². The quantitative estimate of drug-likeness (QED) is 0.632. The minimum Gasteiger partial charge on any atom is -0.493 e. The Morgan fingerprint density at radius 3 is 2.70 bits per heavy atom. The van der Waals surface area contributed by atoms with E-state index in [0.717, 1.165) is 28.5 Å². The van der Waals surface area contributed by atoms with Crippen molar-refractivity contribution in [2.45, 2.75) is 18.9 Å². The van der Waals surface area contributed by atoms with Gasteiger partial charge in [-0.3, -0.25) is 4.79 Å². The van der Waals surface area contributed by atoms with E-state index in [1.807, 2.05) is 29.2 Å². The van der Waals surface area contributed by atoms with Gasteiger partial charge in [-0.1, -0.05) is 12.1 Å². The third kappa shape index (κ3) is 3.25. The number of carbonyl (C=O) groups excluding carboxylic acids is 1. The molecule has 27 heavy (non-hydrogen) atoms. The number of halogens is 1. The Morgan fingerprint density at radius 1 is 1.11 bits per heavy atom. The summed E-state index contributed by atoms with van der Waals surface area (Å²) in [5.41, 5.74) is 1.03. The van der Waals surface area contributed by atoms with Gasteiger partial charge in [-0.15, -0.1) is 11.3 Å². The van der Waals surface area contributed by atoms with E-state index in [-0.39, 0.29) is 17.8 Å². The number of benzene rings is 2. The van der Waals surface area contributed by atoms with Gasteiger partial charge in [0.2, 0.25) is 0 Å². The first-order valence-corrected chi connectivity index (χ1v) is 9.64. The molecular formula is C21H20FNO3S. The molecule has 1 saturated heterocycles. The third-order valence-electron chi connectivity index (χ3n) is 5.00. The summed E-state index contributed by atoms with van der Waals surface area (Å²) in [5, 5.41) is 0.895. The van der Waals surface area contributed by atoms with Crippen LogP contribution in [0.15, 0.2) is 42.5 Å². The largest absolute Gasteiger partial charge is 0.493 e. The van der Waals surface area contributed by atoms with Crippen LogP contribution in [0.1, 0.15) is 34.1 Å². The number of nitrogens with zero attached hydrogens (tertiary/aromatic N) is 1. The molecule has 6 heteroatoms. The highest BCUT2D eigenvalue weighted by Gasteiger charge is 2.32. The average molecular weight is 385 g/mol. The number of hydrogen-bond acceptors (Lipinski definition) is 4. The van der Waals surface area contributed by atoms with Gasteiger partial charge in [0.1, 0.15) is 5.82 Å². The lowest BCUT2D eigenvalue weighted by Crippen LogP contribution is -2.29. The number of fused-ring (bicyclic) bond motifs is 1. The monoisotopic (exact) mass is 385 g/mol. The van der Waals surface area contributed by atoms with Crippen molar-refractivity contribution in [3.63, 3.8) is 0 Å². The van der Waals surface area contributed by atoms with Gasteiger partial charge in [-0.05, 0) is 54.1 Å². The SMILES string of the molecule is COc1ccc([C@H]2CCCN2C(=O)c2cc3ccc(F)cc3s2)cc1OC. The molecule has 0 N–H and O–H groups in total. The Hall–Kier alpha value is -2.60. The number of likely N-dealkylation sites (tertiary alicyclic amines) is 1. The fourth-order valence-corrected chi connectivity index (χ4v) is 4.71. The van der Waals surface area contributed by atoms with Gasteiger partial charge in [0.25, 0.3) is 5.91 Å². The van der Waals surface area contributed by atoms with Crippen LogP contribution in [0.3, 0.4) is 0 Å². The fourth-order valence-electron chi connectivity index (χ4n) is 3.67. The van der Waals surface area contributed by atoms with Crippen molar-refractivity contribution >= 4 is 27.3 Å². The first-order valence-electron chi connectivity index (χ1n) is 8.82. The predicted molar refractivity (Wildman–Crippen MR) is 104 cm³/mol. The molecule has 4 nitrogen and oxygen atoms in total. The molecule has 4 rings (SSSR count). The van der Waals surface area contributed by atoms with Gasteiger partial charge < -0.3 is 14.4 Å². The van der Waals surface area contributed by atoms with E-state index in [0.29, 0.717) is 22.9 Å². The first-order chi connectivity index (χ1) is 13.1. The van der Waals surface area contributed by atoms with Crippen LogP contribution in [0, 0.1) is 5.82 Å². The van der Waals surface area contributed by atoms with E-state index in [4.69, 9.17) is 9.47 Å². The Kier molecular flexibility index (Phi) is 4.74. The summed E-state index contributed by atoms with van der Waals surface area (Å²) >= 11 is 1.34. The number of methoxy groups -OCH3 is 2. The highest BCUT2D eigenvalue weighted by Crippen LogP contribution is 2.38. The molecule has 0 aliphatic carbocycles. The zero-order valence-corrected chi connectivity index (χ0v) is 16.0. The molecule has 2 aromatic carbocycles. The molecule has 0 bridgehead atoms. The maximum absolute atomic E-state index is 13.5. The summed E-state index contributed by atoms with van der Waals surface area (Å²) in [6.07, 6.45) is 1.85. The number of rotatable bonds is 4. The Labute approximate surface area is 161 Å². The first kappa shape index (κ1) is 17.8. The van der Waals surface area contributed by atoms with E-state index >= 15 is 0 Å². The lowest BCUT2D eigenvalue weighted by atomic mass is 10.0. The summed E-state index contributed by atoms with van der Waals surface area (Å²) in [4.78, 5) is 15.7. The van der Waals surface area contributed by atoms with Crippen molar-refractivity contribution in [3.8, 4) is 11.5 Å². The van der Waals surface area contributed by atoms with Crippen LogP contribution in [-0.2, 0) is 0 Å². The molecule has 1 aromatic heterocycles. The molecule has 1 atom stereocenters. The molecule has 1 aliphatic rings. The van der Waals surface area contributed by atoms with E-state index in [2.05, 4.69) is 0 Å². The second-order valence-electron chi connectivity index (χ2n) is 6.56. The van der Waals surface area contributed by atoms with Crippen molar-refractivity contribution < 1.29 is 18.7 Å². The molecule has 0 radical (unpaired) electrons. The van der Waals surface area contributed by atoms with E-state index < -0.39 is 0 Å². The number of thiophene rings is 1. The minimum atomic E-state index is -0.285. The molecule has 0 saturated carbocycles. The number of hydrogen-bond donors (Lipinski definition) is 0. The average Bonchev–Trinajstić information content (AvgIpc) is 3.33. The van der Waals surface area contributed by atoms with Crippen LogP contribution in [-0.4, -0.2) is 31.6 Å². The summed E-state index contributed by atoms with van der Waals surface area (Å²) < 4.78 is 25.0. The number of carbonyl (C=O) groups is 1. The summed E-state index contributed by atoms with van der Waals surface area (Å²) in [6, 6.07) is 12.3. The highest BCUT2D eigenvalue weighted by atomic mass is 32.1. The van der Waals surface area contributed by atoms with Crippen molar-refractivity contribution in [2.24, 2.45) is 0 Å². The maximum Gasteiger partial charge on any atom is 0.264 e. The van der Waals surface area contributed by atoms with Crippen LogP contribution in [0.25, 0.3) is 10.1 Å². The predicted octanol–water partition coefficient (Wildman–Crippen LogP) is 5.03. The van der Waals surface area contributed by atoms with Crippen LogP contribution in [0.4, 0.5) is 4.39 Å². The standard InChI is InChI=1S/C21H20FNO3S/c1-25-17-8-6-13(10-18(17)26-2)16-4-3-9-23(16)21(24)20-11-14-5-7-15(22)12-19(14)27-20/h5-8,10-12,16H,3-4,9H2,1-2H3/t16-/m1/s1. The molecule has 3 aromatic rings. The zero-order valence-electron chi connectivity index (χ0n) is 15.2. The lowest BCUT2D eigenvalue weighted by Gasteiger charge is -2.25. The summed E-state index contributed by atoms with van der Waals surface area (Å²) in [5.74, 6) is 1.04. The van der Waals surface area contributed by atoms with Crippen LogP contribution < -0.4 is 9.47 Å². The second kappa shape index (κ2) is 7.19. The van der Waals surface area contributed by atoms with Gasteiger partial charge in [-0.2, -0.15) is 0 Å². The van der Waals surface area contributed by atoms with Crippen LogP contribution in [0.5, 0.6) is 11.5 Å². The topological polar surface area (TPSA) is 38.8 Å². The third-order valence-corrected chi connectivity index (χ3v) is 6.08. The molecule has 140 valence electrons. The van der Waals surface area contributed by atoms with Gasteiger partial charge >= 0.3 is 0 Å². The van der Waals surface area contributed by atoms with E-state index in [1.165, 1.54) is 23.5 Å². The smallest absolute Gasteiger partial charge is 0.264 e. The van der Waals surface area contributed by atoms with Gasteiger partial charge in [0.05, 0.1) is 25.1 Å². The molecule has 0 spiro atoms. The Balaban J connectivity index is 1.65. The van der Waals surface area contributed by atoms with Crippen LogP contribution in [0.2, 0.25) is 0 Å². The normalized spacial score (nSPS) is 16.7. The maximum atomic E-state index is 13.5. The molecule has 1 amide bonds. The number of ether oxygens (including phenoxy) is 2. The Morgan fingerprint density at radius 2 is 1.93 bits per heavy atom. The molecule has 1 aliphatic heterocycles. The lowest BCUT2D eigenvalue weighted by molar-refractivity contribution is 0.0740. The van der Waals surface area contributed by atoms with E-state index in [1.54, 1.807) is 20.3 Å². The van der Waals surface area contributed by atoms with Gasteiger partial charge in [-0.25, -0.2) is 4.39 Å². The van der Waals surface area contributed by atoms with Crippen LogP contribution >= 0.6 is 11.3 Å².